The van der Waals surface area contributed by atoms with Gasteiger partial charge in [0.25, 0.3) is 0 Å². The Kier molecular flexibility index (Phi) is 5.09. The SMILES string of the molecule is CN1CCCCC1CNS(=O)(=O)c1cccnc1CN. The molecular formula is C13H22N4O2S. The molecule has 20 heavy (non-hydrogen) atoms. The number of nitrogens with one attached hydrogen (secondary N) is 1. The highest BCUT2D eigenvalue weighted by molar-refractivity contribution is 7.89. The molecule has 112 valence electrons. The Bertz CT molecular complexity index is 547. The third-order valence-corrected chi connectivity index (χ3v) is 5.26. The summed E-state index contributed by atoms with van der Waals surface area (Å²) in [4.78, 5) is 6.41. The van der Waals surface area contributed by atoms with E-state index >= 15 is 0 Å². The zero-order chi connectivity index (χ0) is 14.6. The van der Waals surface area contributed by atoms with Gasteiger partial charge in [0.1, 0.15) is 4.90 Å². The van der Waals surface area contributed by atoms with Crippen LogP contribution in [0.25, 0.3) is 0 Å². The molecule has 7 heteroatoms. The highest BCUT2D eigenvalue weighted by atomic mass is 32.2. The quantitative estimate of drug-likeness (QED) is 0.816. The van der Waals surface area contributed by atoms with Gasteiger partial charge in [0.15, 0.2) is 0 Å². The highest BCUT2D eigenvalue weighted by Gasteiger charge is 2.23. The van der Waals surface area contributed by atoms with Crippen molar-refractivity contribution in [1.82, 2.24) is 14.6 Å². The molecule has 1 aliphatic rings. The molecule has 3 N–H and O–H groups in total. The van der Waals surface area contributed by atoms with E-state index in [0.29, 0.717) is 12.2 Å². The largest absolute Gasteiger partial charge is 0.325 e. The molecular weight excluding hydrogens is 276 g/mol. The minimum atomic E-state index is -3.55. The van der Waals surface area contributed by atoms with Crippen LogP contribution < -0.4 is 10.5 Å². The maximum Gasteiger partial charge on any atom is 0.242 e. The summed E-state index contributed by atoms with van der Waals surface area (Å²) >= 11 is 0. The summed E-state index contributed by atoms with van der Waals surface area (Å²) in [6, 6.07) is 3.42. The third kappa shape index (κ3) is 3.54. The lowest BCUT2D eigenvalue weighted by Crippen LogP contribution is -2.44. The number of nitrogens with zero attached hydrogens (tertiary/aromatic N) is 2. The lowest BCUT2D eigenvalue weighted by atomic mass is 10.0. The van der Waals surface area contributed by atoms with E-state index in [1.807, 2.05) is 7.05 Å². The predicted octanol–water partition coefficient (Wildman–Crippen LogP) is 0.303. The van der Waals surface area contributed by atoms with E-state index in [1.54, 1.807) is 18.3 Å². The normalized spacial score (nSPS) is 21.0. The fourth-order valence-corrected chi connectivity index (χ4v) is 3.78. The average molecular weight is 298 g/mol. The van der Waals surface area contributed by atoms with Gasteiger partial charge in [-0.2, -0.15) is 0 Å². The van der Waals surface area contributed by atoms with Crippen LogP contribution in [0.3, 0.4) is 0 Å². The van der Waals surface area contributed by atoms with E-state index < -0.39 is 10.0 Å². The first-order valence-corrected chi connectivity index (χ1v) is 8.37. The van der Waals surface area contributed by atoms with Gasteiger partial charge in [-0.1, -0.05) is 6.42 Å². The van der Waals surface area contributed by atoms with Crippen LogP contribution in [0.2, 0.25) is 0 Å². The molecule has 2 heterocycles. The van der Waals surface area contributed by atoms with Crippen molar-refractivity contribution in [3.05, 3.63) is 24.0 Å². The number of hydrogen-bond acceptors (Lipinski definition) is 5. The predicted molar refractivity (Wildman–Crippen MR) is 77.6 cm³/mol. The van der Waals surface area contributed by atoms with Crippen molar-refractivity contribution >= 4 is 10.0 Å². The van der Waals surface area contributed by atoms with E-state index in [4.69, 9.17) is 5.73 Å². The molecule has 1 fully saturated rings. The summed E-state index contributed by atoms with van der Waals surface area (Å²) in [7, 11) is -1.51. The topological polar surface area (TPSA) is 88.3 Å². The Hall–Kier alpha value is -1.02. The van der Waals surface area contributed by atoms with Crippen molar-refractivity contribution in [2.45, 2.75) is 36.7 Å². The van der Waals surface area contributed by atoms with E-state index in [2.05, 4.69) is 14.6 Å². The molecule has 0 saturated carbocycles. The fourth-order valence-electron chi connectivity index (χ4n) is 2.51. The van der Waals surface area contributed by atoms with Crippen LogP contribution >= 0.6 is 0 Å². The van der Waals surface area contributed by atoms with E-state index in [-0.39, 0.29) is 17.5 Å². The van der Waals surface area contributed by atoms with Crippen LogP contribution in [0.15, 0.2) is 23.2 Å². The van der Waals surface area contributed by atoms with Gasteiger partial charge in [0, 0.05) is 25.3 Å². The number of aromatic nitrogens is 1. The summed E-state index contributed by atoms with van der Waals surface area (Å²) in [6.45, 7) is 1.56. The van der Waals surface area contributed by atoms with Crippen molar-refractivity contribution in [3.8, 4) is 0 Å². The van der Waals surface area contributed by atoms with Crippen molar-refractivity contribution in [1.29, 1.82) is 0 Å². The van der Waals surface area contributed by atoms with E-state index in [9.17, 15) is 8.42 Å². The Morgan fingerprint density at radius 1 is 1.50 bits per heavy atom. The molecule has 0 bridgehead atoms. The Balaban J connectivity index is 2.07. The first-order chi connectivity index (χ1) is 9.54. The maximum absolute atomic E-state index is 12.3. The standard InChI is InChI=1S/C13H22N4O2S/c1-17-8-3-2-5-11(17)10-16-20(18,19)13-6-4-7-15-12(13)9-14/h4,6-7,11,16H,2-3,5,8-10,14H2,1H3. The van der Waals surface area contributed by atoms with Crippen molar-refractivity contribution in [2.24, 2.45) is 5.73 Å². The van der Waals surface area contributed by atoms with Crippen LogP contribution in [0, 0.1) is 0 Å². The number of pyridine rings is 1. The van der Waals surface area contributed by atoms with Gasteiger partial charge in [0.05, 0.1) is 5.69 Å². The van der Waals surface area contributed by atoms with Crippen LogP contribution in [0.5, 0.6) is 0 Å². The first-order valence-electron chi connectivity index (χ1n) is 6.88. The second-order valence-electron chi connectivity index (χ2n) is 5.13. The summed E-state index contributed by atoms with van der Waals surface area (Å²) in [5, 5.41) is 0. The molecule has 6 nitrogen and oxygen atoms in total. The van der Waals surface area contributed by atoms with E-state index in [1.165, 1.54) is 6.42 Å². The maximum atomic E-state index is 12.3. The number of likely N-dealkylation sites (N-methyl/N-ethyl adjacent to an activating group) is 1. The Morgan fingerprint density at radius 3 is 3.00 bits per heavy atom. The average Bonchev–Trinajstić information content (AvgIpc) is 2.46. The Morgan fingerprint density at radius 2 is 2.30 bits per heavy atom. The zero-order valence-corrected chi connectivity index (χ0v) is 12.6. The second kappa shape index (κ2) is 6.62. The molecule has 1 saturated heterocycles. The molecule has 2 rings (SSSR count). The van der Waals surface area contributed by atoms with Crippen molar-refractivity contribution in [3.63, 3.8) is 0 Å². The number of likely N-dealkylation sites (tertiary alicyclic amines) is 1. The van der Waals surface area contributed by atoms with Gasteiger partial charge < -0.3 is 10.6 Å². The van der Waals surface area contributed by atoms with Gasteiger partial charge in [-0.15, -0.1) is 0 Å². The van der Waals surface area contributed by atoms with Gasteiger partial charge >= 0.3 is 0 Å². The van der Waals surface area contributed by atoms with Gasteiger partial charge in [-0.25, -0.2) is 13.1 Å². The van der Waals surface area contributed by atoms with Crippen LogP contribution in [0.1, 0.15) is 25.0 Å². The van der Waals surface area contributed by atoms with Crippen LogP contribution in [-0.2, 0) is 16.6 Å². The summed E-state index contributed by atoms with van der Waals surface area (Å²) in [5.74, 6) is 0. The van der Waals surface area contributed by atoms with Crippen molar-refractivity contribution < 1.29 is 8.42 Å². The molecule has 0 aliphatic carbocycles. The molecule has 0 radical (unpaired) electrons. The molecule has 0 spiro atoms. The molecule has 1 atom stereocenters. The summed E-state index contributed by atoms with van der Waals surface area (Å²) in [5.41, 5.74) is 5.95. The van der Waals surface area contributed by atoms with Gasteiger partial charge in [0.2, 0.25) is 10.0 Å². The smallest absolute Gasteiger partial charge is 0.242 e. The first kappa shape index (κ1) is 15.4. The third-order valence-electron chi connectivity index (χ3n) is 3.76. The second-order valence-corrected chi connectivity index (χ2v) is 6.87. The Labute approximate surface area is 120 Å². The molecule has 0 amide bonds. The highest BCUT2D eigenvalue weighted by Crippen LogP contribution is 2.16. The molecule has 1 aromatic rings. The zero-order valence-electron chi connectivity index (χ0n) is 11.7. The molecule has 1 unspecified atom stereocenters. The molecule has 1 aromatic heterocycles. The number of hydrogen-bond donors (Lipinski definition) is 2. The monoisotopic (exact) mass is 298 g/mol. The van der Waals surface area contributed by atoms with Crippen LogP contribution in [-0.4, -0.2) is 44.5 Å². The number of nitrogens with two attached hydrogens (primary N) is 1. The number of rotatable bonds is 5. The number of sulfonamides is 1. The lowest BCUT2D eigenvalue weighted by molar-refractivity contribution is 0.187. The number of piperidine rings is 1. The fraction of sp³-hybridized carbons (Fsp3) is 0.615. The molecule has 0 aromatic carbocycles. The van der Waals surface area contributed by atoms with Crippen LogP contribution in [0.4, 0.5) is 0 Å². The van der Waals surface area contributed by atoms with Gasteiger partial charge in [-0.05, 0) is 38.6 Å². The lowest BCUT2D eigenvalue weighted by Gasteiger charge is -2.32. The van der Waals surface area contributed by atoms with Crippen molar-refractivity contribution in [2.75, 3.05) is 20.1 Å². The molecule has 1 aliphatic heterocycles. The summed E-state index contributed by atoms with van der Waals surface area (Å²) < 4.78 is 27.4. The van der Waals surface area contributed by atoms with Gasteiger partial charge in [-0.3, -0.25) is 4.98 Å². The van der Waals surface area contributed by atoms with E-state index in [0.717, 1.165) is 19.4 Å². The minimum Gasteiger partial charge on any atom is -0.325 e. The summed E-state index contributed by atoms with van der Waals surface area (Å²) in [6.07, 6.45) is 4.91. The minimum absolute atomic E-state index is 0.112.